The van der Waals surface area contributed by atoms with Crippen molar-refractivity contribution >= 4 is 0 Å². The van der Waals surface area contributed by atoms with Gasteiger partial charge in [0.25, 0.3) is 0 Å². The lowest BCUT2D eigenvalue weighted by Crippen LogP contribution is -2.02. The fourth-order valence-corrected chi connectivity index (χ4v) is 2.60. The average Bonchev–Trinajstić information content (AvgIpc) is 2.34. The maximum Gasteiger partial charge on any atom is -0.0200 e. The number of hydrogen-bond donors (Lipinski definition) is 0. The first-order valence-corrected chi connectivity index (χ1v) is 5.91. The Labute approximate surface area is 83.4 Å². The molecule has 76 valence electrons. The predicted molar refractivity (Wildman–Crippen MR) is 59.8 cm³/mol. The van der Waals surface area contributed by atoms with Gasteiger partial charge in [-0.05, 0) is 31.1 Å². The lowest BCUT2D eigenvalue weighted by Gasteiger charge is -2.13. The molecule has 0 fully saturated rings. The van der Waals surface area contributed by atoms with Crippen LogP contribution in [-0.2, 0) is 0 Å². The molecule has 2 atom stereocenters. The summed E-state index contributed by atoms with van der Waals surface area (Å²) in [6.45, 7) is 9.41. The Hall–Kier alpha value is -0.260. The van der Waals surface area contributed by atoms with Crippen LogP contribution in [0, 0.1) is 11.8 Å². The lowest BCUT2D eigenvalue weighted by atomic mass is 9.92. The fourth-order valence-electron chi connectivity index (χ4n) is 2.60. The van der Waals surface area contributed by atoms with Crippen LogP contribution in [0.2, 0.25) is 0 Å². The van der Waals surface area contributed by atoms with Gasteiger partial charge in [0.05, 0.1) is 0 Å². The molecule has 0 saturated heterocycles. The molecule has 1 aliphatic rings. The molecule has 0 N–H and O–H groups in total. The zero-order valence-electron chi connectivity index (χ0n) is 9.69. The molecule has 0 radical (unpaired) electrons. The van der Waals surface area contributed by atoms with Gasteiger partial charge in [-0.3, -0.25) is 0 Å². The average molecular weight is 180 g/mol. The molecule has 0 aromatic heterocycles. The summed E-state index contributed by atoms with van der Waals surface area (Å²) >= 11 is 0. The van der Waals surface area contributed by atoms with E-state index in [-0.39, 0.29) is 0 Å². The van der Waals surface area contributed by atoms with Gasteiger partial charge in [-0.15, -0.1) is 0 Å². The molecule has 0 amide bonds. The standard InChI is InChI=1S/C13H24/c1-5-7-12-9-10(3)11(4)13(12)8-6-2/h10-11H,5-9H2,1-4H3/t10-,11-/m0/s1. The normalized spacial score (nSPS) is 28.6. The van der Waals surface area contributed by atoms with E-state index in [2.05, 4.69) is 27.7 Å². The first-order chi connectivity index (χ1) is 6.20. The first-order valence-electron chi connectivity index (χ1n) is 5.91. The molecule has 0 saturated carbocycles. The highest BCUT2D eigenvalue weighted by molar-refractivity contribution is 5.23. The molecule has 13 heavy (non-hydrogen) atoms. The zero-order chi connectivity index (χ0) is 9.84. The minimum Gasteiger partial charge on any atom is -0.0705 e. The van der Waals surface area contributed by atoms with Gasteiger partial charge in [0, 0.05) is 0 Å². The number of allylic oxidation sites excluding steroid dienone is 2. The summed E-state index contributed by atoms with van der Waals surface area (Å²) in [4.78, 5) is 0. The van der Waals surface area contributed by atoms with Gasteiger partial charge in [0.1, 0.15) is 0 Å². The van der Waals surface area contributed by atoms with Crippen molar-refractivity contribution in [2.24, 2.45) is 11.8 Å². The zero-order valence-corrected chi connectivity index (χ0v) is 9.69. The highest BCUT2D eigenvalue weighted by Crippen LogP contribution is 2.40. The molecule has 0 spiro atoms. The molecular weight excluding hydrogens is 156 g/mol. The Kier molecular flexibility index (Phi) is 4.02. The molecule has 1 rings (SSSR count). The topological polar surface area (TPSA) is 0 Å². The largest absolute Gasteiger partial charge is 0.0705 e. The van der Waals surface area contributed by atoms with Crippen molar-refractivity contribution in [1.29, 1.82) is 0 Å². The summed E-state index contributed by atoms with van der Waals surface area (Å²) < 4.78 is 0. The second kappa shape index (κ2) is 4.83. The van der Waals surface area contributed by atoms with E-state index in [0.717, 1.165) is 11.8 Å². The first kappa shape index (κ1) is 10.8. The van der Waals surface area contributed by atoms with Crippen LogP contribution < -0.4 is 0 Å². The summed E-state index contributed by atoms with van der Waals surface area (Å²) in [7, 11) is 0. The van der Waals surface area contributed by atoms with Crippen molar-refractivity contribution in [1.82, 2.24) is 0 Å². The molecule has 0 heteroatoms. The number of rotatable bonds is 4. The van der Waals surface area contributed by atoms with Crippen LogP contribution in [0.3, 0.4) is 0 Å². The monoisotopic (exact) mass is 180 g/mol. The van der Waals surface area contributed by atoms with Crippen molar-refractivity contribution in [3.05, 3.63) is 11.1 Å². The Bertz CT molecular complexity index is 188. The Morgan fingerprint density at radius 3 is 2.23 bits per heavy atom. The van der Waals surface area contributed by atoms with Crippen LogP contribution in [0.1, 0.15) is 59.8 Å². The molecule has 0 aliphatic heterocycles. The van der Waals surface area contributed by atoms with Gasteiger partial charge >= 0.3 is 0 Å². The smallest absolute Gasteiger partial charge is 0.0200 e. The summed E-state index contributed by atoms with van der Waals surface area (Å²) in [5.74, 6) is 1.77. The van der Waals surface area contributed by atoms with E-state index in [1.165, 1.54) is 32.1 Å². The summed E-state index contributed by atoms with van der Waals surface area (Å²) in [6, 6.07) is 0. The minimum absolute atomic E-state index is 0.862. The van der Waals surface area contributed by atoms with Crippen LogP contribution >= 0.6 is 0 Å². The number of hydrogen-bond acceptors (Lipinski definition) is 0. The van der Waals surface area contributed by atoms with Crippen LogP contribution in [0.15, 0.2) is 11.1 Å². The highest BCUT2D eigenvalue weighted by atomic mass is 14.3. The Morgan fingerprint density at radius 2 is 1.69 bits per heavy atom. The quantitative estimate of drug-likeness (QED) is 0.556. The maximum absolute atomic E-state index is 2.42. The van der Waals surface area contributed by atoms with E-state index < -0.39 is 0 Å². The van der Waals surface area contributed by atoms with Crippen molar-refractivity contribution in [2.45, 2.75) is 59.8 Å². The molecular formula is C13H24. The van der Waals surface area contributed by atoms with E-state index in [0.29, 0.717) is 0 Å². The van der Waals surface area contributed by atoms with E-state index in [1.807, 2.05) is 0 Å². The van der Waals surface area contributed by atoms with Gasteiger partial charge < -0.3 is 0 Å². The minimum atomic E-state index is 0.862. The van der Waals surface area contributed by atoms with E-state index in [9.17, 15) is 0 Å². The molecule has 0 bridgehead atoms. The third-order valence-corrected chi connectivity index (χ3v) is 3.50. The van der Waals surface area contributed by atoms with Crippen molar-refractivity contribution in [2.75, 3.05) is 0 Å². The van der Waals surface area contributed by atoms with E-state index in [1.54, 1.807) is 11.1 Å². The van der Waals surface area contributed by atoms with Gasteiger partial charge in [0.15, 0.2) is 0 Å². The third-order valence-electron chi connectivity index (χ3n) is 3.50. The summed E-state index contributed by atoms with van der Waals surface area (Å²) in [5, 5.41) is 0. The van der Waals surface area contributed by atoms with Crippen LogP contribution in [0.4, 0.5) is 0 Å². The molecule has 0 aromatic carbocycles. The van der Waals surface area contributed by atoms with Gasteiger partial charge in [-0.2, -0.15) is 0 Å². The summed E-state index contributed by atoms with van der Waals surface area (Å²) in [6.07, 6.45) is 6.72. The SMILES string of the molecule is CCCC1=C(CCC)[C@@H](C)[C@@H](C)C1. The van der Waals surface area contributed by atoms with E-state index in [4.69, 9.17) is 0 Å². The fraction of sp³-hybridized carbons (Fsp3) is 0.846. The van der Waals surface area contributed by atoms with Crippen molar-refractivity contribution in [3.8, 4) is 0 Å². The lowest BCUT2D eigenvalue weighted by molar-refractivity contribution is 0.468. The van der Waals surface area contributed by atoms with Crippen LogP contribution in [0.5, 0.6) is 0 Å². The van der Waals surface area contributed by atoms with Gasteiger partial charge in [-0.1, -0.05) is 51.7 Å². The molecule has 0 heterocycles. The van der Waals surface area contributed by atoms with Gasteiger partial charge in [-0.25, -0.2) is 0 Å². The maximum atomic E-state index is 2.42. The third kappa shape index (κ3) is 2.36. The molecule has 0 unspecified atom stereocenters. The van der Waals surface area contributed by atoms with Gasteiger partial charge in [0.2, 0.25) is 0 Å². The van der Waals surface area contributed by atoms with Crippen LogP contribution in [0.25, 0.3) is 0 Å². The molecule has 0 aromatic rings. The van der Waals surface area contributed by atoms with Crippen LogP contribution in [-0.4, -0.2) is 0 Å². The predicted octanol–water partition coefficient (Wildman–Crippen LogP) is 4.56. The molecule has 1 aliphatic carbocycles. The van der Waals surface area contributed by atoms with E-state index >= 15 is 0 Å². The Balaban J connectivity index is 2.70. The second-order valence-electron chi connectivity index (χ2n) is 4.60. The molecule has 0 nitrogen and oxygen atoms in total. The van der Waals surface area contributed by atoms with Crippen molar-refractivity contribution < 1.29 is 0 Å². The summed E-state index contributed by atoms with van der Waals surface area (Å²) in [5.41, 5.74) is 3.60. The second-order valence-corrected chi connectivity index (χ2v) is 4.60. The highest BCUT2D eigenvalue weighted by Gasteiger charge is 2.26. The Morgan fingerprint density at radius 1 is 1.08 bits per heavy atom. The van der Waals surface area contributed by atoms with Crippen molar-refractivity contribution in [3.63, 3.8) is 0 Å².